The zero-order valence-electron chi connectivity index (χ0n) is 21.9. The van der Waals surface area contributed by atoms with Crippen LogP contribution in [-0.4, -0.2) is 61.5 Å². The Balaban J connectivity index is 1.44. The van der Waals surface area contributed by atoms with E-state index in [9.17, 15) is 4.79 Å². The average molecular weight is 512 g/mol. The Kier molecular flexibility index (Phi) is 9.58. The fourth-order valence-corrected chi connectivity index (χ4v) is 4.07. The Morgan fingerprint density at radius 2 is 1.76 bits per heavy atom. The molecule has 6 heteroatoms. The monoisotopic (exact) mass is 511 g/mol. The normalized spacial score (nSPS) is 14.7. The summed E-state index contributed by atoms with van der Waals surface area (Å²) in [5, 5.41) is 9.08. The van der Waals surface area contributed by atoms with Crippen molar-refractivity contribution in [1.29, 1.82) is 0 Å². The molecule has 6 nitrogen and oxygen atoms in total. The van der Waals surface area contributed by atoms with E-state index in [1.54, 1.807) is 12.1 Å². The highest BCUT2D eigenvalue weighted by atomic mass is 16.5. The van der Waals surface area contributed by atoms with Gasteiger partial charge in [0.1, 0.15) is 18.1 Å². The molecule has 0 spiro atoms. The minimum absolute atomic E-state index is 0.372. The van der Waals surface area contributed by atoms with Gasteiger partial charge in [0.2, 0.25) is 0 Å². The van der Waals surface area contributed by atoms with Crippen molar-refractivity contribution >= 4 is 11.5 Å². The molecule has 0 bridgehead atoms. The van der Waals surface area contributed by atoms with Crippen LogP contribution in [0.15, 0.2) is 78.9 Å². The van der Waals surface area contributed by atoms with Gasteiger partial charge in [-0.15, -0.1) is 0 Å². The summed E-state index contributed by atoms with van der Waals surface area (Å²) >= 11 is 0. The molecular weight excluding hydrogens is 478 g/mol. The summed E-state index contributed by atoms with van der Waals surface area (Å²) in [5.74, 6) is 6.76. The lowest BCUT2D eigenvalue weighted by Crippen LogP contribution is -2.36. The van der Waals surface area contributed by atoms with Crippen molar-refractivity contribution in [1.82, 2.24) is 4.90 Å². The second-order valence-electron chi connectivity index (χ2n) is 9.09. The number of rotatable bonds is 9. The van der Waals surface area contributed by atoms with E-state index in [2.05, 4.69) is 59.2 Å². The maximum Gasteiger partial charge on any atom is 0.344 e. The summed E-state index contributed by atoms with van der Waals surface area (Å²) in [7, 11) is 0. The molecule has 4 rings (SSSR count). The number of morpholine rings is 1. The average Bonchev–Trinajstić information content (AvgIpc) is 2.94. The number of hydrogen-bond acceptors (Lipinski definition) is 5. The molecule has 196 valence electrons. The number of carbonyl (C=O) groups is 1. The number of aryl methyl sites for hydroxylation is 1. The topological polar surface area (TPSA) is 68.2 Å². The summed E-state index contributed by atoms with van der Waals surface area (Å²) in [6, 6.07) is 23.9. The number of ether oxygens (including phenoxy) is 3. The fraction of sp³-hybridized carbons (Fsp3) is 0.281. The van der Waals surface area contributed by atoms with E-state index in [0.717, 1.165) is 60.7 Å². The van der Waals surface area contributed by atoms with Gasteiger partial charge < -0.3 is 19.3 Å². The number of hydrogen-bond donors (Lipinski definition) is 1. The van der Waals surface area contributed by atoms with Crippen LogP contribution in [0.2, 0.25) is 0 Å². The van der Waals surface area contributed by atoms with E-state index in [1.807, 2.05) is 31.2 Å². The van der Waals surface area contributed by atoms with Crippen molar-refractivity contribution in [3.63, 3.8) is 0 Å². The lowest BCUT2D eigenvalue weighted by molar-refractivity contribution is -0.144. The van der Waals surface area contributed by atoms with Crippen LogP contribution in [0.25, 0.3) is 5.57 Å². The van der Waals surface area contributed by atoms with E-state index in [-0.39, 0.29) is 0 Å². The summed E-state index contributed by atoms with van der Waals surface area (Å²) in [5.41, 5.74) is 5.06. The van der Waals surface area contributed by atoms with Crippen LogP contribution in [0.5, 0.6) is 11.5 Å². The fourth-order valence-electron chi connectivity index (χ4n) is 4.07. The van der Waals surface area contributed by atoms with Gasteiger partial charge >= 0.3 is 5.97 Å². The van der Waals surface area contributed by atoms with E-state index >= 15 is 0 Å². The van der Waals surface area contributed by atoms with Crippen LogP contribution in [0.4, 0.5) is 0 Å². The third-order valence-corrected chi connectivity index (χ3v) is 6.26. The van der Waals surface area contributed by atoms with Crippen LogP contribution < -0.4 is 9.47 Å². The van der Waals surface area contributed by atoms with E-state index in [4.69, 9.17) is 19.3 Å². The molecule has 3 aromatic rings. The first-order valence-electron chi connectivity index (χ1n) is 12.8. The summed E-state index contributed by atoms with van der Waals surface area (Å²) < 4.78 is 16.9. The van der Waals surface area contributed by atoms with Crippen LogP contribution >= 0.6 is 0 Å². The molecule has 3 aromatic carbocycles. The van der Waals surface area contributed by atoms with E-state index < -0.39 is 12.1 Å². The molecule has 0 aliphatic carbocycles. The molecule has 1 saturated heterocycles. The molecule has 1 aliphatic heterocycles. The first-order chi connectivity index (χ1) is 18.5. The second kappa shape index (κ2) is 13.5. The van der Waals surface area contributed by atoms with E-state index in [0.29, 0.717) is 18.1 Å². The Bertz CT molecular complexity index is 1300. The van der Waals surface area contributed by atoms with Crippen molar-refractivity contribution in [2.24, 2.45) is 0 Å². The van der Waals surface area contributed by atoms with Crippen molar-refractivity contribution in [3.05, 3.63) is 101 Å². The molecule has 1 fully saturated rings. The summed E-state index contributed by atoms with van der Waals surface area (Å²) in [4.78, 5) is 13.4. The Morgan fingerprint density at radius 3 is 2.45 bits per heavy atom. The summed E-state index contributed by atoms with van der Waals surface area (Å²) in [6.07, 6.45) is 1.15. The first-order valence-corrected chi connectivity index (χ1v) is 12.8. The van der Waals surface area contributed by atoms with Crippen LogP contribution in [0.1, 0.15) is 29.2 Å². The molecule has 0 saturated carbocycles. The minimum atomic E-state index is -1.00. The van der Waals surface area contributed by atoms with Gasteiger partial charge in [0.25, 0.3) is 0 Å². The number of benzene rings is 3. The van der Waals surface area contributed by atoms with Crippen LogP contribution in [0, 0.1) is 18.8 Å². The molecule has 1 atom stereocenters. The van der Waals surface area contributed by atoms with E-state index in [1.165, 1.54) is 6.92 Å². The molecule has 1 unspecified atom stereocenters. The van der Waals surface area contributed by atoms with Crippen molar-refractivity contribution < 1.29 is 24.1 Å². The smallest absolute Gasteiger partial charge is 0.344 e. The highest BCUT2D eigenvalue weighted by Crippen LogP contribution is 2.26. The predicted molar refractivity (Wildman–Crippen MR) is 148 cm³/mol. The first kappa shape index (κ1) is 27.0. The number of nitrogens with zero attached hydrogens (tertiary/aromatic N) is 1. The summed E-state index contributed by atoms with van der Waals surface area (Å²) in [6.45, 7) is 7.92. The Labute approximate surface area is 224 Å². The third kappa shape index (κ3) is 7.72. The third-order valence-electron chi connectivity index (χ3n) is 6.26. The lowest BCUT2D eigenvalue weighted by atomic mass is 9.97. The van der Waals surface area contributed by atoms with Crippen LogP contribution in [-0.2, 0) is 9.53 Å². The predicted octanol–water partition coefficient (Wildman–Crippen LogP) is 5.04. The largest absolute Gasteiger partial charge is 0.489 e. The highest BCUT2D eigenvalue weighted by molar-refractivity contribution is 5.80. The van der Waals surface area contributed by atoms with Crippen molar-refractivity contribution in [2.45, 2.75) is 20.0 Å². The van der Waals surface area contributed by atoms with Gasteiger partial charge in [0.15, 0.2) is 6.10 Å². The number of carboxylic acid groups (broad SMARTS) is 1. The molecule has 0 amide bonds. The van der Waals surface area contributed by atoms with Crippen molar-refractivity contribution in [2.75, 3.05) is 39.5 Å². The van der Waals surface area contributed by atoms with Gasteiger partial charge in [-0.2, -0.15) is 0 Å². The van der Waals surface area contributed by atoms with Gasteiger partial charge in [-0.05, 0) is 72.5 Å². The van der Waals surface area contributed by atoms with Gasteiger partial charge in [0, 0.05) is 18.7 Å². The molecule has 0 radical (unpaired) electrons. The molecule has 0 aromatic heterocycles. The second-order valence-corrected chi connectivity index (χ2v) is 9.09. The number of carboxylic acids is 1. The zero-order valence-corrected chi connectivity index (χ0v) is 21.9. The highest BCUT2D eigenvalue weighted by Gasteiger charge is 2.14. The quantitative estimate of drug-likeness (QED) is 0.406. The van der Waals surface area contributed by atoms with Gasteiger partial charge in [-0.3, -0.25) is 4.90 Å². The van der Waals surface area contributed by atoms with Gasteiger partial charge in [0.05, 0.1) is 19.8 Å². The molecular formula is C32H33NO5. The molecule has 1 N–H and O–H groups in total. The maximum absolute atomic E-state index is 11.1. The van der Waals surface area contributed by atoms with Gasteiger partial charge in [-0.1, -0.05) is 54.3 Å². The standard InChI is InChI=1S/C32H33NO5/c1-24-23-29(14-15-31(24)38-25(2)32(34)35)37-20-16-30(27-8-4-3-5-9-27)28-12-10-26(11-13-28)7-6-17-33-18-21-36-22-19-33/h3-5,8-16,23,25H,17-22H2,1-2H3,(H,34,35). The van der Waals surface area contributed by atoms with Crippen LogP contribution in [0.3, 0.4) is 0 Å². The molecule has 1 aliphatic rings. The van der Waals surface area contributed by atoms with Crippen molar-refractivity contribution in [3.8, 4) is 23.3 Å². The Hall–Kier alpha value is -4.05. The minimum Gasteiger partial charge on any atom is -0.489 e. The SMILES string of the molecule is Cc1cc(OCC=C(c2ccccc2)c2ccc(C#CCN3CCOCC3)cc2)ccc1OC(C)C(=O)O. The Morgan fingerprint density at radius 1 is 1.05 bits per heavy atom. The maximum atomic E-state index is 11.1. The lowest BCUT2D eigenvalue weighted by Gasteiger charge is -2.24. The van der Waals surface area contributed by atoms with Gasteiger partial charge in [-0.25, -0.2) is 4.79 Å². The molecule has 38 heavy (non-hydrogen) atoms. The number of aliphatic carboxylic acids is 1. The molecule has 1 heterocycles. The zero-order chi connectivity index (χ0) is 26.7.